The Bertz CT molecular complexity index is 78.9. The third-order valence-corrected chi connectivity index (χ3v) is 1.33. The van der Waals surface area contributed by atoms with Crippen molar-refractivity contribution in [2.24, 2.45) is 5.92 Å². The molecule has 0 saturated heterocycles. The summed E-state index contributed by atoms with van der Waals surface area (Å²) < 4.78 is 0. The van der Waals surface area contributed by atoms with Crippen LogP contribution >= 0.6 is 0 Å². The van der Waals surface area contributed by atoms with Crippen LogP contribution in [0.5, 0.6) is 0 Å². The quantitative estimate of drug-likeness (QED) is 0.626. The van der Waals surface area contributed by atoms with E-state index >= 15 is 0 Å². The number of hydrogen-bond donors (Lipinski definition) is 1. The maximum absolute atomic E-state index is 9.89. The molecule has 0 aliphatic heterocycles. The zero-order valence-corrected chi connectivity index (χ0v) is 8.18. The zero-order valence-electron chi connectivity index (χ0n) is 8.18. The summed E-state index contributed by atoms with van der Waals surface area (Å²) in [4.78, 5) is 9.89. The van der Waals surface area contributed by atoms with E-state index < -0.39 is 0 Å². The van der Waals surface area contributed by atoms with Crippen LogP contribution in [0.1, 0.15) is 35.0 Å². The van der Waals surface area contributed by atoms with Crippen molar-refractivity contribution < 1.29 is 6.22 Å². The molecular formula is C9H23NO. The summed E-state index contributed by atoms with van der Waals surface area (Å²) in [5.74, 6) is 0.625. The molecule has 1 atom stereocenters. The van der Waals surface area contributed by atoms with Gasteiger partial charge in [-0.05, 0) is 25.9 Å². The van der Waals surface area contributed by atoms with Crippen LogP contribution in [0.25, 0.3) is 0 Å². The lowest BCUT2D eigenvalue weighted by Crippen LogP contribution is -2.15. The fraction of sp³-hybridized carbons (Fsp3) is 0.889. The minimum absolute atomic E-state index is 0. The summed E-state index contributed by atoms with van der Waals surface area (Å²) in [5.41, 5.74) is 0. The molecule has 0 rings (SSSR count). The lowest BCUT2D eigenvalue weighted by atomic mass is 10.1. The summed E-state index contributed by atoms with van der Waals surface area (Å²) in [7, 11) is 1.93. The Morgan fingerprint density at radius 3 is 2.45 bits per heavy atom. The summed E-state index contributed by atoms with van der Waals surface area (Å²) in [5, 5.41) is 3.06. The molecule has 0 aliphatic carbocycles. The molecule has 0 aromatic rings. The van der Waals surface area contributed by atoms with Crippen LogP contribution in [-0.2, 0) is 4.79 Å². The molecule has 2 heteroatoms. The Hall–Kier alpha value is -0.370. The van der Waals surface area contributed by atoms with Gasteiger partial charge in [0.2, 0.25) is 0 Å². The first-order chi connectivity index (χ1) is 5.31. The lowest BCUT2D eigenvalue weighted by Gasteiger charge is -2.06. The van der Waals surface area contributed by atoms with E-state index in [1.165, 1.54) is 0 Å². The van der Waals surface area contributed by atoms with Gasteiger partial charge in [0.15, 0.2) is 0 Å². The normalized spacial score (nSPS) is 11.3. The van der Waals surface area contributed by atoms with Crippen LogP contribution in [0.15, 0.2) is 0 Å². The van der Waals surface area contributed by atoms with Crippen LogP contribution in [0, 0.1) is 5.92 Å². The van der Waals surface area contributed by atoms with E-state index in [9.17, 15) is 4.79 Å². The average molecular weight is 161 g/mol. The van der Waals surface area contributed by atoms with Crippen LogP contribution < -0.4 is 5.32 Å². The summed E-state index contributed by atoms with van der Waals surface area (Å²) in [6.07, 6.45) is 2.68. The summed E-state index contributed by atoms with van der Waals surface area (Å²) in [6, 6.07) is 0. The molecule has 0 heterocycles. The molecule has 0 saturated carbocycles. The minimum Gasteiger partial charge on any atom is -0.319 e. The summed E-state index contributed by atoms with van der Waals surface area (Å²) in [6.45, 7) is 7.15. The molecule has 0 aromatic carbocycles. The van der Waals surface area contributed by atoms with Gasteiger partial charge in [-0.1, -0.05) is 20.8 Å². The molecule has 11 heavy (non-hydrogen) atoms. The minimum atomic E-state index is 0. The molecule has 0 amide bonds. The standard InChI is InChI=1S/C7H15NO.C2H6.H2/c1-7(6-8-2)4-3-5-9;1-2;/h5,7-8H,3-4,6H2,1-2H3;1-2H3;1H. The van der Waals surface area contributed by atoms with E-state index in [1.807, 2.05) is 20.9 Å². The van der Waals surface area contributed by atoms with Crippen molar-refractivity contribution >= 4 is 6.29 Å². The monoisotopic (exact) mass is 161 g/mol. The van der Waals surface area contributed by atoms with Crippen molar-refractivity contribution in [3.8, 4) is 0 Å². The van der Waals surface area contributed by atoms with Gasteiger partial charge >= 0.3 is 0 Å². The van der Waals surface area contributed by atoms with Crippen molar-refractivity contribution in [2.45, 2.75) is 33.6 Å². The van der Waals surface area contributed by atoms with Crippen molar-refractivity contribution in [1.82, 2.24) is 5.32 Å². The Morgan fingerprint density at radius 1 is 1.55 bits per heavy atom. The van der Waals surface area contributed by atoms with Gasteiger partial charge in [-0.2, -0.15) is 0 Å². The molecular weight excluding hydrogens is 138 g/mol. The van der Waals surface area contributed by atoms with Crippen molar-refractivity contribution in [2.75, 3.05) is 13.6 Å². The second-order valence-corrected chi connectivity index (χ2v) is 2.41. The molecule has 70 valence electrons. The largest absolute Gasteiger partial charge is 0.319 e. The van der Waals surface area contributed by atoms with Gasteiger partial charge in [0.1, 0.15) is 6.29 Å². The van der Waals surface area contributed by atoms with Gasteiger partial charge in [0.25, 0.3) is 0 Å². The topological polar surface area (TPSA) is 29.1 Å². The Labute approximate surface area is 71.9 Å². The van der Waals surface area contributed by atoms with E-state index in [0.29, 0.717) is 12.3 Å². The molecule has 1 N–H and O–H groups in total. The third kappa shape index (κ3) is 12.8. The van der Waals surface area contributed by atoms with Crippen LogP contribution in [0.3, 0.4) is 0 Å². The molecule has 0 aliphatic rings. The van der Waals surface area contributed by atoms with Crippen molar-refractivity contribution in [3.05, 3.63) is 0 Å². The highest BCUT2D eigenvalue weighted by molar-refractivity contribution is 5.49. The van der Waals surface area contributed by atoms with E-state index in [1.54, 1.807) is 0 Å². The highest BCUT2D eigenvalue weighted by atomic mass is 16.1. The van der Waals surface area contributed by atoms with Gasteiger partial charge < -0.3 is 10.1 Å². The molecule has 0 aromatic heterocycles. The predicted octanol–water partition coefficient (Wildman–Crippen LogP) is 2.09. The third-order valence-electron chi connectivity index (χ3n) is 1.33. The molecule has 0 spiro atoms. The fourth-order valence-corrected chi connectivity index (χ4v) is 0.803. The van der Waals surface area contributed by atoms with E-state index in [2.05, 4.69) is 12.2 Å². The van der Waals surface area contributed by atoms with Gasteiger partial charge in [-0.15, -0.1) is 0 Å². The maximum atomic E-state index is 9.89. The number of hydrogen-bond acceptors (Lipinski definition) is 2. The van der Waals surface area contributed by atoms with Crippen LogP contribution in [0.4, 0.5) is 0 Å². The molecule has 1 unspecified atom stereocenters. The second kappa shape index (κ2) is 12.3. The smallest absolute Gasteiger partial charge is 0.120 e. The van der Waals surface area contributed by atoms with Crippen LogP contribution in [-0.4, -0.2) is 19.9 Å². The zero-order chi connectivity index (χ0) is 9.11. The molecule has 0 fully saturated rings. The van der Waals surface area contributed by atoms with Crippen LogP contribution in [0.2, 0.25) is 0 Å². The number of rotatable bonds is 5. The van der Waals surface area contributed by atoms with Gasteiger partial charge in [0.05, 0.1) is 0 Å². The van der Waals surface area contributed by atoms with E-state index in [4.69, 9.17) is 0 Å². The Kier molecular flexibility index (Phi) is 14.8. The average Bonchev–Trinajstić information content (AvgIpc) is 2.05. The van der Waals surface area contributed by atoms with Gasteiger partial charge in [-0.3, -0.25) is 0 Å². The molecule has 0 radical (unpaired) electrons. The first kappa shape index (κ1) is 13.2. The van der Waals surface area contributed by atoms with Gasteiger partial charge in [0, 0.05) is 7.85 Å². The number of aldehydes is 1. The lowest BCUT2D eigenvalue weighted by molar-refractivity contribution is -0.108. The predicted molar refractivity (Wildman–Crippen MR) is 51.9 cm³/mol. The first-order valence-corrected chi connectivity index (χ1v) is 4.39. The second-order valence-electron chi connectivity index (χ2n) is 2.41. The van der Waals surface area contributed by atoms with Crippen molar-refractivity contribution in [1.29, 1.82) is 0 Å². The maximum Gasteiger partial charge on any atom is 0.120 e. The van der Waals surface area contributed by atoms with Crippen molar-refractivity contribution in [3.63, 3.8) is 0 Å². The fourth-order valence-electron chi connectivity index (χ4n) is 0.803. The van der Waals surface area contributed by atoms with E-state index in [0.717, 1.165) is 19.3 Å². The van der Waals surface area contributed by atoms with E-state index in [-0.39, 0.29) is 1.43 Å². The molecule has 0 bridgehead atoms. The van der Waals surface area contributed by atoms with Gasteiger partial charge in [-0.25, -0.2) is 0 Å². The SMILES string of the molecule is CC.CNCC(C)CCC=O.[HH]. The Balaban J connectivity index is -0.000000249. The number of carbonyl (C=O) groups excluding carboxylic acids is 1. The molecule has 2 nitrogen and oxygen atoms in total. The Morgan fingerprint density at radius 2 is 2.09 bits per heavy atom. The summed E-state index contributed by atoms with van der Waals surface area (Å²) >= 11 is 0. The first-order valence-electron chi connectivity index (χ1n) is 4.39. The number of nitrogens with one attached hydrogen (secondary N) is 1. The highest BCUT2D eigenvalue weighted by Crippen LogP contribution is 2.00. The highest BCUT2D eigenvalue weighted by Gasteiger charge is 1.97. The number of carbonyl (C=O) groups is 1.